The zero-order valence-electron chi connectivity index (χ0n) is 21.4. The minimum Gasteiger partial charge on any atom is -0.490 e. The summed E-state index contributed by atoms with van der Waals surface area (Å²) in [6.45, 7) is 1.29. The highest BCUT2D eigenvalue weighted by atomic mass is 79.9. The highest BCUT2D eigenvalue weighted by molar-refractivity contribution is 9.10. The van der Waals surface area contributed by atoms with Gasteiger partial charge in [0.25, 0.3) is 11.1 Å². The first-order valence-electron chi connectivity index (χ1n) is 12.0. The molecule has 1 saturated heterocycles. The third kappa shape index (κ3) is 7.28. The number of hydrogen-bond acceptors (Lipinski definition) is 8. The van der Waals surface area contributed by atoms with Gasteiger partial charge in [0.05, 0.1) is 22.0 Å². The van der Waals surface area contributed by atoms with Crippen LogP contribution in [0.1, 0.15) is 18.1 Å². The third-order valence-corrected chi connectivity index (χ3v) is 7.01. The number of rotatable bonds is 9. The largest absolute Gasteiger partial charge is 0.490 e. The molecule has 3 amide bonds. The zero-order valence-corrected chi connectivity index (χ0v) is 23.8. The molecule has 42 heavy (non-hydrogen) atoms. The lowest BCUT2D eigenvalue weighted by Gasteiger charge is -2.14. The van der Waals surface area contributed by atoms with E-state index < -0.39 is 51.7 Å². The van der Waals surface area contributed by atoms with Crippen LogP contribution in [-0.2, 0) is 15.8 Å². The minimum absolute atomic E-state index is 0.0328. The van der Waals surface area contributed by atoms with Gasteiger partial charge in [0, 0.05) is 16.2 Å². The molecular formula is C27H19BrF3N3O7S. The topological polar surface area (TPSA) is 128 Å². The molecule has 10 nitrogen and oxygen atoms in total. The monoisotopic (exact) mass is 665 g/mol. The Morgan fingerprint density at radius 2 is 1.76 bits per heavy atom. The van der Waals surface area contributed by atoms with Crippen LogP contribution in [0, 0.1) is 10.1 Å². The summed E-state index contributed by atoms with van der Waals surface area (Å²) in [4.78, 5) is 49.1. The highest BCUT2D eigenvalue weighted by Gasteiger charge is 2.36. The summed E-state index contributed by atoms with van der Waals surface area (Å²) in [7, 11) is 0. The van der Waals surface area contributed by atoms with E-state index >= 15 is 0 Å². The molecule has 1 heterocycles. The van der Waals surface area contributed by atoms with Gasteiger partial charge < -0.3 is 14.8 Å². The number of thioether (sulfide) groups is 1. The smallest absolute Gasteiger partial charge is 0.416 e. The van der Waals surface area contributed by atoms with E-state index in [1.165, 1.54) is 24.3 Å². The Kier molecular flexibility index (Phi) is 9.21. The molecule has 0 bridgehead atoms. The second-order valence-corrected chi connectivity index (χ2v) is 10.4. The van der Waals surface area contributed by atoms with Crippen molar-refractivity contribution in [2.45, 2.75) is 13.1 Å². The van der Waals surface area contributed by atoms with E-state index in [0.29, 0.717) is 35.1 Å². The van der Waals surface area contributed by atoms with Gasteiger partial charge in [-0.1, -0.05) is 22.0 Å². The minimum atomic E-state index is -4.79. The second kappa shape index (κ2) is 12.7. The Hall–Kier alpha value is -4.37. The van der Waals surface area contributed by atoms with E-state index in [-0.39, 0.29) is 23.0 Å². The number of nitrogens with one attached hydrogen (secondary N) is 1. The summed E-state index contributed by atoms with van der Waals surface area (Å²) < 4.78 is 51.1. The SMILES string of the molecule is CCOc1cc(/C=C2/SC(=O)N(CC(=O)Nc3ccc(Br)cc3)C2=O)ccc1Oc1ccc(C(F)(F)F)cc1[N+](=O)[O-]. The van der Waals surface area contributed by atoms with Crippen molar-refractivity contribution in [3.63, 3.8) is 0 Å². The van der Waals surface area contributed by atoms with Crippen LogP contribution in [0.2, 0.25) is 0 Å². The molecule has 0 radical (unpaired) electrons. The summed E-state index contributed by atoms with van der Waals surface area (Å²) in [5.41, 5.74) is -1.23. The van der Waals surface area contributed by atoms with E-state index in [9.17, 15) is 37.7 Å². The number of halogens is 4. The predicted octanol–water partition coefficient (Wildman–Crippen LogP) is 7.24. The fourth-order valence-corrected chi connectivity index (χ4v) is 4.78. The van der Waals surface area contributed by atoms with Gasteiger partial charge in [0.2, 0.25) is 11.7 Å². The number of benzene rings is 3. The van der Waals surface area contributed by atoms with Crippen molar-refractivity contribution < 1.29 is 42.0 Å². The van der Waals surface area contributed by atoms with E-state index in [0.717, 1.165) is 15.4 Å². The molecular weight excluding hydrogens is 647 g/mol. The number of anilines is 1. The Balaban J connectivity index is 1.53. The molecule has 0 aromatic heterocycles. The van der Waals surface area contributed by atoms with E-state index in [1.807, 2.05) is 0 Å². The average Bonchev–Trinajstić information content (AvgIpc) is 3.18. The Bertz CT molecular complexity index is 1600. The fraction of sp³-hybridized carbons (Fsp3) is 0.148. The number of amides is 3. The molecule has 0 saturated carbocycles. The molecule has 3 aromatic rings. The third-order valence-electron chi connectivity index (χ3n) is 5.57. The summed E-state index contributed by atoms with van der Waals surface area (Å²) in [6.07, 6.45) is -3.39. The number of carbonyl (C=O) groups excluding carboxylic acids is 3. The van der Waals surface area contributed by atoms with Crippen LogP contribution in [0.25, 0.3) is 6.08 Å². The number of nitro benzene ring substituents is 1. The molecule has 3 aromatic carbocycles. The molecule has 4 rings (SSSR count). The lowest BCUT2D eigenvalue weighted by molar-refractivity contribution is -0.385. The van der Waals surface area contributed by atoms with Gasteiger partial charge in [-0.25, -0.2) is 0 Å². The maximum atomic E-state index is 13.0. The number of ether oxygens (including phenoxy) is 2. The van der Waals surface area contributed by atoms with Crippen molar-refractivity contribution >= 4 is 62.2 Å². The number of carbonyl (C=O) groups is 3. The standard InChI is InChI=1S/C27H19BrF3N3O7S/c1-2-40-22-11-15(3-9-21(22)41-20-10-4-16(27(29,30)31)13-19(20)34(38)39)12-23-25(36)33(26(37)42-23)14-24(35)32-18-7-5-17(28)6-8-18/h3-13H,2,14H2,1H3,(H,32,35)/b23-12+. The highest BCUT2D eigenvalue weighted by Crippen LogP contribution is 2.41. The maximum absolute atomic E-state index is 13.0. The molecule has 1 fully saturated rings. The molecule has 218 valence electrons. The van der Waals surface area contributed by atoms with Gasteiger partial charge in [-0.15, -0.1) is 0 Å². The summed E-state index contributed by atoms with van der Waals surface area (Å²) in [6, 6.07) is 12.9. The van der Waals surface area contributed by atoms with Crippen molar-refractivity contribution in [2.24, 2.45) is 0 Å². The zero-order chi connectivity index (χ0) is 30.6. The first kappa shape index (κ1) is 30.6. The van der Waals surface area contributed by atoms with Gasteiger partial charge in [0.15, 0.2) is 11.5 Å². The number of nitro groups is 1. The average molecular weight is 666 g/mol. The van der Waals surface area contributed by atoms with Crippen molar-refractivity contribution in [3.05, 3.63) is 91.3 Å². The van der Waals surface area contributed by atoms with Gasteiger partial charge >= 0.3 is 11.9 Å². The van der Waals surface area contributed by atoms with Gasteiger partial charge in [-0.05, 0) is 78.9 Å². The quantitative estimate of drug-likeness (QED) is 0.144. The Labute approximate surface area is 248 Å². The van der Waals surface area contributed by atoms with E-state index in [4.69, 9.17) is 9.47 Å². The molecule has 15 heteroatoms. The first-order valence-corrected chi connectivity index (χ1v) is 13.6. The molecule has 1 aliphatic heterocycles. The van der Waals surface area contributed by atoms with Gasteiger partial charge in [0.1, 0.15) is 6.54 Å². The van der Waals surface area contributed by atoms with Crippen LogP contribution >= 0.6 is 27.7 Å². The number of hydrogen-bond donors (Lipinski definition) is 1. The predicted molar refractivity (Wildman–Crippen MR) is 151 cm³/mol. The number of nitrogens with zero attached hydrogens (tertiary/aromatic N) is 2. The van der Waals surface area contributed by atoms with Crippen LogP contribution in [0.5, 0.6) is 17.2 Å². The summed E-state index contributed by atoms with van der Waals surface area (Å²) in [5.74, 6) is -1.65. The summed E-state index contributed by atoms with van der Waals surface area (Å²) in [5, 5.41) is 13.4. The first-order chi connectivity index (χ1) is 19.8. The van der Waals surface area contributed by atoms with Gasteiger partial charge in [-0.2, -0.15) is 13.2 Å². The molecule has 0 spiro atoms. The van der Waals surface area contributed by atoms with Crippen LogP contribution in [-0.4, -0.2) is 40.0 Å². The lowest BCUT2D eigenvalue weighted by atomic mass is 10.1. The number of alkyl halides is 3. The van der Waals surface area contributed by atoms with E-state index in [2.05, 4.69) is 21.2 Å². The van der Waals surface area contributed by atoms with Crippen molar-refractivity contribution in [2.75, 3.05) is 18.5 Å². The van der Waals surface area contributed by atoms with Crippen molar-refractivity contribution in [1.29, 1.82) is 0 Å². The normalized spacial score (nSPS) is 14.3. The van der Waals surface area contributed by atoms with Crippen LogP contribution in [0.3, 0.4) is 0 Å². The van der Waals surface area contributed by atoms with E-state index in [1.54, 1.807) is 31.2 Å². The number of imide groups is 1. The van der Waals surface area contributed by atoms with Crippen LogP contribution in [0.4, 0.5) is 29.3 Å². The second-order valence-electron chi connectivity index (χ2n) is 8.50. The fourth-order valence-electron chi connectivity index (χ4n) is 3.67. The molecule has 1 aliphatic rings. The molecule has 0 unspecified atom stereocenters. The molecule has 0 aliphatic carbocycles. The maximum Gasteiger partial charge on any atom is 0.416 e. The summed E-state index contributed by atoms with van der Waals surface area (Å²) >= 11 is 3.92. The Morgan fingerprint density at radius 3 is 2.40 bits per heavy atom. The molecule has 1 N–H and O–H groups in total. The van der Waals surface area contributed by atoms with Crippen molar-refractivity contribution in [1.82, 2.24) is 4.90 Å². The van der Waals surface area contributed by atoms with Crippen molar-refractivity contribution in [3.8, 4) is 17.2 Å². The van der Waals surface area contributed by atoms with Crippen LogP contribution < -0.4 is 14.8 Å². The lowest BCUT2D eigenvalue weighted by Crippen LogP contribution is -2.36. The van der Waals surface area contributed by atoms with Gasteiger partial charge in [-0.3, -0.25) is 29.4 Å². The molecule has 0 atom stereocenters. The Morgan fingerprint density at radius 1 is 1.07 bits per heavy atom. The van der Waals surface area contributed by atoms with Crippen LogP contribution in [0.15, 0.2) is 70.0 Å².